The van der Waals surface area contributed by atoms with Crippen molar-refractivity contribution in [1.82, 2.24) is 4.90 Å². The highest BCUT2D eigenvalue weighted by atomic mass is 79.9. The standard InChI is InChI=1S/C14H18BrN3/c1-17(9-10-18-7-2-3-8-18)14-6-4-5-13(15)12(14)11-16/h4-6H,2-3,7-10H2,1H3. The third-order valence-corrected chi connectivity index (χ3v) is 4.13. The maximum Gasteiger partial charge on any atom is 0.103 e. The predicted octanol–water partition coefficient (Wildman–Crippen LogP) is 2.85. The van der Waals surface area contributed by atoms with Crippen LogP contribution in [0.25, 0.3) is 0 Å². The van der Waals surface area contributed by atoms with Gasteiger partial charge >= 0.3 is 0 Å². The zero-order valence-electron chi connectivity index (χ0n) is 10.7. The fourth-order valence-electron chi connectivity index (χ4n) is 2.36. The summed E-state index contributed by atoms with van der Waals surface area (Å²) in [6, 6.07) is 8.17. The third-order valence-electron chi connectivity index (χ3n) is 3.46. The Hall–Kier alpha value is -1.05. The minimum atomic E-state index is 0.724. The summed E-state index contributed by atoms with van der Waals surface area (Å²) in [6.07, 6.45) is 2.65. The zero-order valence-corrected chi connectivity index (χ0v) is 12.3. The van der Waals surface area contributed by atoms with Crippen molar-refractivity contribution in [3.05, 3.63) is 28.2 Å². The number of rotatable bonds is 4. The lowest BCUT2D eigenvalue weighted by Crippen LogP contribution is -2.31. The van der Waals surface area contributed by atoms with E-state index in [2.05, 4.69) is 38.8 Å². The Bertz CT molecular complexity index is 447. The predicted molar refractivity (Wildman–Crippen MR) is 77.8 cm³/mol. The summed E-state index contributed by atoms with van der Waals surface area (Å²) in [5.41, 5.74) is 1.73. The molecule has 4 heteroatoms. The first kappa shape index (κ1) is 13.4. The van der Waals surface area contributed by atoms with Crippen molar-refractivity contribution < 1.29 is 0 Å². The second-order valence-corrected chi connectivity index (χ2v) is 5.57. The van der Waals surface area contributed by atoms with Gasteiger partial charge in [-0.1, -0.05) is 6.07 Å². The van der Waals surface area contributed by atoms with E-state index in [0.29, 0.717) is 0 Å². The van der Waals surface area contributed by atoms with Gasteiger partial charge in [-0.25, -0.2) is 0 Å². The molecule has 1 aromatic rings. The number of anilines is 1. The van der Waals surface area contributed by atoms with Crippen LogP contribution in [0.3, 0.4) is 0 Å². The van der Waals surface area contributed by atoms with E-state index in [-0.39, 0.29) is 0 Å². The van der Waals surface area contributed by atoms with Gasteiger partial charge in [-0.2, -0.15) is 5.26 Å². The molecule has 1 saturated heterocycles. The number of nitrogens with zero attached hydrogens (tertiary/aromatic N) is 3. The summed E-state index contributed by atoms with van der Waals surface area (Å²) in [5, 5.41) is 9.21. The molecule has 0 amide bonds. The number of hydrogen-bond acceptors (Lipinski definition) is 3. The van der Waals surface area contributed by atoms with Crippen molar-refractivity contribution in [2.45, 2.75) is 12.8 Å². The average molecular weight is 308 g/mol. The second kappa shape index (κ2) is 6.21. The number of hydrogen-bond donors (Lipinski definition) is 0. The van der Waals surface area contributed by atoms with Crippen molar-refractivity contribution in [2.24, 2.45) is 0 Å². The van der Waals surface area contributed by atoms with Gasteiger partial charge in [0.25, 0.3) is 0 Å². The quantitative estimate of drug-likeness (QED) is 0.857. The van der Waals surface area contributed by atoms with Crippen LogP contribution in [0.4, 0.5) is 5.69 Å². The second-order valence-electron chi connectivity index (χ2n) is 4.72. The number of halogens is 1. The number of benzene rings is 1. The monoisotopic (exact) mass is 307 g/mol. The molecule has 1 aliphatic rings. The van der Waals surface area contributed by atoms with Crippen LogP contribution in [0.5, 0.6) is 0 Å². The molecule has 0 atom stereocenters. The van der Waals surface area contributed by atoms with Gasteiger partial charge in [0.1, 0.15) is 6.07 Å². The smallest absolute Gasteiger partial charge is 0.103 e. The fraction of sp³-hybridized carbons (Fsp3) is 0.500. The first-order valence-electron chi connectivity index (χ1n) is 6.34. The van der Waals surface area contributed by atoms with Gasteiger partial charge in [-0.05, 0) is 54.0 Å². The van der Waals surface area contributed by atoms with Gasteiger partial charge in [0, 0.05) is 24.6 Å². The SMILES string of the molecule is CN(CCN1CCCC1)c1cccc(Br)c1C#N. The average Bonchev–Trinajstić information content (AvgIpc) is 2.88. The van der Waals surface area contributed by atoms with Gasteiger partial charge < -0.3 is 9.80 Å². The van der Waals surface area contributed by atoms with Gasteiger partial charge in [0.2, 0.25) is 0 Å². The molecule has 0 bridgehead atoms. The van der Waals surface area contributed by atoms with Crippen LogP contribution in [0.15, 0.2) is 22.7 Å². The van der Waals surface area contributed by atoms with E-state index in [0.717, 1.165) is 28.8 Å². The molecular weight excluding hydrogens is 290 g/mol. The van der Waals surface area contributed by atoms with E-state index in [1.807, 2.05) is 18.2 Å². The molecule has 0 saturated carbocycles. The van der Waals surface area contributed by atoms with Crippen molar-refractivity contribution in [3.63, 3.8) is 0 Å². The fourth-order valence-corrected chi connectivity index (χ4v) is 2.80. The maximum absolute atomic E-state index is 9.21. The molecule has 0 N–H and O–H groups in total. The summed E-state index contributed by atoms with van der Waals surface area (Å²) >= 11 is 3.43. The van der Waals surface area contributed by atoms with Crippen LogP contribution in [0.2, 0.25) is 0 Å². The van der Waals surface area contributed by atoms with Crippen LogP contribution in [-0.4, -0.2) is 38.1 Å². The van der Waals surface area contributed by atoms with Crippen LogP contribution in [-0.2, 0) is 0 Å². The van der Waals surface area contributed by atoms with Crippen molar-refractivity contribution in [1.29, 1.82) is 5.26 Å². The molecule has 18 heavy (non-hydrogen) atoms. The molecular formula is C14H18BrN3. The molecule has 1 aliphatic heterocycles. The molecule has 3 nitrogen and oxygen atoms in total. The normalized spacial score (nSPS) is 15.6. The molecule has 0 unspecified atom stereocenters. The lowest BCUT2D eigenvalue weighted by molar-refractivity contribution is 0.346. The third kappa shape index (κ3) is 3.04. The minimum absolute atomic E-state index is 0.724. The van der Waals surface area contributed by atoms with Crippen LogP contribution >= 0.6 is 15.9 Å². The lowest BCUT2D eigenvalue weighted by atomic mass is 10.2. The van der Waals surface area contributed by atoms with Gasteiger partial charge in [-0.15, -0.1) is 0 Å². The number of nitriles is 1. The van der Waals surface area contributed by atoms with E-state index in [1.165, 1.54) is 25.9 Å². The zero-order chi connectivity index (χ0) is 13.0. The van der Waals surface area contributed by atoms with Crippen LogP contribution < -0.4 is 4.90 Å². The Morgan fingerprint density at radius 3 is 2.78 bits per heavy atom. The maximum atomic E-state index is 9.21. The topological polar surface area (TPSA) is 30.3 Å². The highest BCUT2D eigenvalue weighted by Gasteiger charge is 2.14. The largest absolute Gasteiger partial charge is 0.372 e. The number of likely N-dealkylation sites (N-methyl/N-ethyl adjacent to an activating group) is 1. The molecule has 0 radical (unpaired) electrons. The molecule has 0 aliphatic carbocycles. The van der Waals surface area contributed by atoms with Gasteiger partial charge in [0.05, 0.1) is 11.3 Å². The summed E-state index contributed by atoms with van der Waals surface area (Å²) in [5.74, 6) is 0. The van der Waals surface area contributed by atoms with E-state index in [1.54, 1.807) is 0 Å². The Labute approximate surface area is 117 Å². The number of likely N-dealkylation sites (tertiary alicyclic amines) is 1. The molecule has 0 aromatic heterocycles. The molecule has 96 valence electrons. The molecule has 1 fully saturated rings. The molecule has 1 heterocycles. The summed E-state index contributed by atoms with van der Waals surface area (Å²) in [6.45, 7) is 4.48. The highest BCUT2D eigenvalue weighted by Crippen LogP contribution is 2.26. The Morgan fingerprint density at radius 2 is 2.11 bits per heavy atom. The van der Waals surface area contributed by atoms with Crippen LogP contribution in [0, 0.1) is 11.3 Å². The van der Waals surface area contributed by atoms with Gasteiger partial charge in [0.15, 0.2) is 0 Å². The summed E-state index contributed by atoms with van der Waals surface area (Å²) < 4.78 is 0.871. The van der Waals surface area contributed by atoms with Gasteiger partial charge in [-0.3, -0.25) is 0 Å². The first-order valence-corrected chi connectivity index (χ1v) is 7.14. The van der Waals surface area contributed by atoms with Crippen molar-refractivity contribution in [2.75, 3.05) is 38.1 Å². The van der Waals surface area contributed by atoms with E-state index in [4.69, 9.17) is 0 Å². The van der Waals surface area contributed by atoms with Crippen molar-refractivity contribution >= 4 is 21.6 Å². The minimum Gasteiger partial charge on any atom is -0.372 e. The Kier molecular flexibility index (Phi) is 4.62. The van der Waals surface area contributed by atoms with Crippen LogP contribution in [0.1, 0.15) is 18.4 Å². The molecule has 2 rings (SSSR count). The Morgan fingerprint density at radius 1 is 1.39 bits per heavy atom. The van der Waals surface area contributed by atoms with E-state index < -0.39 is 0 Å². The Balaban J connectivity index is 2.02. The summed E-state index contributed by atoms with van der Waals surface area (Å²) in [4.78, 5) is 4.65. The summed E-state index contributed by atoms with van der Waals surface area (Å²) in [7, 11) is 2.05. The molecule has 1 aromatic carbocycles. The van der Waals surface area contributed by atoms with E-state index >= 15 is 0 Å². The first-order chi connectivity index (χ1) is 8.72. The molecule has 0 spiro atoms. The lowest BCUT2D eigenvalue weighted by Gasteiger charge is -2.24. The van der Waals surface area contributed by atoms with E-state index in [9.17, 15) is 5.26 Å². The van der Waals surface area contributed by atoms with Crippen molar-refractivity contribution in [3.8, 4) is 6.07 Å². The highest BCUT2D eigenvalue weighted by molar-refractivity contribution is 9.10.